The second-order valence-electron chi connectivity index (χ2n) is 30.1. The van der Waals surface area contributed by atoms with Gasteiger partial charge in [0.05, 0.1) is 52.9 Å². The van der Waals surface area contributed by atoms with Crippen molar-refractivity contribution >= 4 is 110 Å². The minimum atomic E-state index is -0.863. The lowest BCUT2D eigenvalue weighted by molar-refractivity contribution is -0.195. The van der Waals surface area contributed by atoms with Crippen LogP contribution in [-0.2, 0) is 54.5 Å². The summed E-state index contributed by atoms with van der Waals surface area (Å²) in [6.45, 7) is 35.0. The van der Waals surface area contributed by atoms with Gasteiger partial charge in [-0.05, 0) is 139 Å². The number of H-pyrrole nitrogens is 2. The van der Waals surface area contributed by atoms with E-state index >= 15 is 9.59 Å². The fourth-order valence-corrected chi connectivity index (χ4v) is 18.9. The fraction of sp³-hybridized carbons (Fsp3) is 0.561. The number of aliphatic imine (C=N–C) groups is 4. The number of carbonyl (C=O) groups excluding carboxylic acids is 6. The Balaban J connectivity index is 0.729. The molecule has 108 heavy (non-hydrogen) atoms. The maximum atomic E-state index is 15.1. The average Bonchev–Trinajstić information content (AvgIpc) is 1.57. The molecule has 4 fully saturated rings. The summed E-state index contributed by atoms with van der Waals surface area (Å²) in [7, 11) is 3.21. The number of nitrogens with zero attached hydrogens (tertiary/aromatic N) is 8. The minimum Gasteiger partial charge on any atom is -0.396 e. The second-order valence-corrected chi connectivity index (χ2v) is 32.8. The number of hydrogen-bond donors (Lipinski definition) is 6. The third-order valence-corrected chi connectivity index (χ3v) is 25.4. The summed E-state index contributed by atoms with van der Waals surface area (Å²) < 4.78 is 0. The first-order valence-corrected chi connectivity index (χ1v) is 41.7. The molecule has 0 saturated carbocycles. The van der Waals surface area contributed by atoms with Gasteiger partial charge in [0.25, 0.3) is 23.6 Å². The number of oxime groups is 2. The fourth-order valence-electron chi connectivity index (χ4n) is 17.0. The number of carbonyl (C=O) groups is 6. The number of hydroxylamine groups is 4. The number of fused-ring (bicyclic) bond motifs is 12. The van der Waals surface area contributed by atoms with Gasteiger partial charge in [0.1, 0.15) is 25.0 Å². The third kappa shape index (κ3) is 15.5. The molecule has 6 amide bonds. The molecule has 12 rings (SSSR count). The van der Waals surface area contributed by atoms with E-state index < -0.39 is 35.5 Å². The summed E-state index contributed by atoms with van der Waals surface area (Å²) in [5.41, 5.74) is 19.7. The Morgan fingerprint density at radius 3 is 1.58 bits per heavy atom. The van der Waals surface area contributed by atoms with Crippen molar-refractivity contribution in [1.29, 1.82) is 0 Å². The molecule has 16 bridgehead atoms. The molecule has 10 aliphatic rings. The Morgan fingerprint density at radius 2 is 1.05 bits per heavy atom. The van der Waals surface area contributed by atoms with Gasteiger partial charge in [0, 0.05) is 183 Å². The van der Waals surface area contributed by atoms with Crippen LogP contribution in [0.2, 0.25) is 0 Å². The van der Waals surface area contributed by atoms with Gasteiger partial charge in [-0.2, -0.15) is 0 Å². The molecule has 578 valence electrons. The van der Waals surface area contributed by atoms with Gasteiger partial charge in [-0.25, -0.2) is 0 Å². The smallest absolute Gasteiger partial charge is 0.288 e. The maximum absolute atomic E-state index is 15.1. The van der Waals surface area contributed by atoms with E-state index in [2.05, 4.69) is 115 Å². The Hall–Kier alpha value is -8.46. The van der Waals surface area contributed by atoms with Crippen LogP contribution in [0.4, 0.5) is 0 Å². The SMILES string of the molecule is CCCO/N=C(\C)c1c2[nH]c(c1C)C=C1NC(=C3C(=O)N(OCCC)C(=O)C4C3=NC(=C4C)CC3=NC(=C2)[C@H](C)[C@H]3CC)[C@@H](CCC(=O)NCCSSCCNC(=O)CC[C@H]2C3=C4C(=O)N(OCCC)C(=O)C5C4=NC(=C5C)C=C4N=C(Cc5[nH]c(c(C)c5/C(C)=N/OCCC)C=C(N3)[C@@H]2C)[C@@H](C)[C@@H]4CC)[C@@H]1C. The van der Waals surface area contributed by atoms with Crippen LogP contribution in [0.3, 0.4) is 0 Å². The highest BCUT2D eigenvalue weighted by molar-refractivity contribution is 8.76. The van der Waals surface area contributed by atoms with Crippen LogP contribution in [0.1, 0.15) is 213 Å². The van der Waals surface area contributed by atoms with E-state index in [4.69, 9.17) is 39.3 Å². The molecule has 4 saturated heterocycles. The van der Waals surface area contributed by atoms with Crippen molar-refractivity contribution in [1.82, 2.24) is 41.4 Å². The largest absolute Gasteiger partial charge is 0.396 e. The predicted octanol–water partition coefficient (Wildman–Crippen LogP) is 13.6. The van der Waals surface area contributed by atoms with Crippen LogP contribution in [0.15, 0.2) is 104 Å². The van der Waals surface area contributed by atoms with Crippen molar-refractivity contribution in [2.45, 2.75) is 188 Å². The van der Waals surface area contributed by atoms with Gasteiger partial charge >= 0.3 is 0 Å². The number of aromatic nitrogens is 2. The van der Waals surface area contributed by atoms with Crippen molar-refractivity contribution in [2.24, 2.45) is 89.5 Å². The number of imide groups is 2. The zero-order valence-corrected chi connectivity index (χ0v) is 67.3. The summed E-state index contributed by atoms with van der Waals surface area (Å²) >= 11 is 0. The number of allylic oxidation sites excluding steroid dienone is 8. The van der Waals surface area contributed by atoms with Crippen LogP contribution in [0.25, 0.3) is 18.2 Å². The van der Waals surface area contributed by atoms with Crippen molar-refractivity contribution in [3.63, 3.8) is 0 Å². The van der Waals surface area contributed by atoms with Gasteiger partial charge in [0.2, 0.25) is 11.8 Å². The number of piperidine rings is 2. The summed E-state index contributed by atoms with van der Waals surface area (Å²) in [4.78, 5) is 140. The molecule has 2 aromatic heterocycles. The van der Waals surface area contributed by atoms with Crippen LogP contribution in [-0.4, -0.2) is 141 Å². The summed E-state index contributed by atoms with van der Waals surface area (Å²) in [6, 6.07) is 0. The molecular weight excluding hydrogens is 1410 g/mol. The van der Waals surface area contributed by atoms with E-state index in [9.17, 15) is 19.2 Å². The highest BCUT2D eigenvalue weighted by Crippen LogP contribution is 2.49. The predicted molar refractivity (Wildman–Crippen MR) is 428 cm³/mol. The zero-order valence-electron chi connectivity index (χ0n) is 65.7. The minimum absolute atomic E-state index is 0.0941. The van der Waals surface area contributed by atoms with E-state index in [1.807, 2.05) is 61.5 Å². The number of rotatable bonds is 29. The molecule has 0 aromatic carbocycles. The molecule has 26 heteroatoms. The lowest BCUT2D eigenvalue weighted by Crippen LogP contribution is -2.51. The van der Waals surface area contributed by atoms with Gasteiger partial charge in [0.15, 0.2) is 0 Å². The molecule has 0 radical (unpaired) electrons. The van der Waals surface area contributed by atoms with E-state index in [-0.39, 0.29) is 96.4 Å². The molecule has 0 spiro atoms. The highest BCUT2D eigenvalue weighted by atomic mass is 33.1. The Kier molecular flexibility index (Phi) is 25.1. The lowest BCUT2D eigenvalue weighted by atomic mass is 9.81. The molecule has 10 atom stereocenters. The first-order valence-electron chi connectivity index (χ1n) is 39.2. The maximum Gasteiger partial charge on any atom is 0.288 e. The van der Waals surface area contributed by atoms with Gasteiger partial charge in [-0.3, -0.25) is 58.4 Å². The van der Waals surface area contributed by atoms with Gasteiger partial charge < -0.3 is 40.9 Å². The van der Waals surface area contributed by atoms with Crippen molar-refractivity contribution in [2.75, 3.05) is 51.0 Å². The van der Waals surface area contributed by atoms with Crippen LogP contribution < -0.4 is 21.3 Å². The summed E-state index contributed by atoms with van der Waals surface area (Å²) in [5, 5.41) is 24.7. The quantitative estimate of drug-likeness (QED) is 0.0145. The normalized spacial score (nSPS) is 25.3. The Morgan fingerprint density at radius 1 is 0.546 bits per heavy atom. The van der Waals surface area contributed by atoms with Gasteiger partial charge in [-0.1, -0.05) is 101 Å². The highest BCUT2D eigenvalue weighted by Gasteiger charge is 2.54. The summed E-state index contributed by atoms with van der Waals surface area (Å²) in [5.74, 6) is -3.60. The Bertz CT molecular complexity index is 4450. The van der Waals surface area contributed by atoms with E-state index in [1.54, 1.807) is 21.6 Å². The molecule has 6 N–H and O–H groups in total. The van der Waals surface area contributed by atoms with Crippen molar-refractivity contribution in [3.8, 4) is 0 Å². The topological polar surface area (TPSA) is 300 Å². The van der Waals surface area contributed by atoms with Crippen LogP contribution in [0, 0.1) is 73.0 Å². The first kappa shape index (κ1) is 79.1. The molecule has 0 aliphatic carbocycles. The number of nitrogens with one attached hydrogen (secondary N) is 6. The molecule has 10 aliphatic heterocycles. The molecule has 24 nitrogen and oxygen atoms in total. The molecular formula is C82H108N14O10S2. The second kappa shape index (κ2) is 34.2. The zero-order chi connectivity index (χ0) is 77.1. The molecule has 2 unspecified atom stereocenters. The van der Waals surface area contributed by atoms with Crippen molar-refractivity contribution in [3.05, 3.63) is 119 Å². The van der Waals surface area contributed by atoms with E-state index in [1.165, 1.54) is 0 Å². The van der Waals surface area contributed by atoms with E-state index in [0.717, 1.165) is 132 Å². The van der Waals surface area contributed by atoms with Gasteiger partial charge in [-0.15, -0.1) is 10.1 Å². The lowest BCUT2D eigenvalue weighted by Gasteiger charge is -2.32. The number of amides is 6. The average molecular weight is 1510 g/mol. The van der Waals surface area contributed by atoms with E-state index in [0.29, 0.717) is 116 Å². The molecule has 12 heterocycles. The summed E-state index contributed by atoms with van der Waals surface area (Å²) in [6.07, 6.45) is 14.9. The first-order chi connectivity index (χ1) is 52.0. The number of hydrogen-bond acceptors (Lipinski definition) is 20. The third-order valence-electron chi connectivity index (χ3n) is 23.0. The monoisotopic (exact) mass is 1510 g/mol. The Labute approximate surface area is 642 Å². The molecule has 2 aromatic rings. The number of aromatic amines is 2. The van der Waals surface area contributed by atoms with Crippen LogP contribution in [0.5, 0.6) is 0 Å². The van der Waals surface area contributed by atoms with Crippen LogP contribution >= 0.6 is 21.6 Å². The van der Waals surface area contributed by atoms with Crippen molar-refractivity contribution < 1.29 is 48.1 Å². The standard InChI is InChI=1S/C82H108N14O10S2/c1-17-29-103-93-49(15)69-45(11)59-35-57-43(9)53(75(89-57)73-77-71(79(99)95(81(73)101)105-31-19-3)47(13)61(91-77)37-63-51(21-5)41(7)55(85-63)39-65(69)87-59)23-25-67(97)83-27-33-107-108-34-28-84-68(98)26-24-54-44(10)58-36-60-46(12)70(50(16)94-104-30-18-2)66(88-60)40-56-42(8)52(22-6)64(86-56)38-62-48(14)72-78(92-62)74(76(54)90-58)82(102)96(80(72)100)106-32-20-4/h35-37,40-44,51-54,71-72,87-90H,17-34,38-39H2,1-16H3,(H,83,97)(H,84,98)/b56-40?,57-35?,58-36?,63-37?,75-73?,76-74?,93-49+,94-50+/t41-,42+,43+,44-,51-,52+,53+,54-,71?,72?/m0/s1.